The molecular weight excluding hydrogens is 254 g/mol. The molecule has 18 heavy (non-hydrogen) atoms. The highest BCUT2D eigenvalue weighted by Gasteiger charge is 2.35. The van der Waals surface area contributed by atoms with E-state index in [2.05, 4.69) is 5.32 Å². The summed E-state index contributed by atoms with van der Waals surface area (Å²) in [7, 11) is 0. The molecule has 0 aliphatic heterocycles. The molecule has 0 saturated carbocycles. The first-order valence-electron chi connectivity index (χ1n) is 5.41. The van der Waals surface area contributed by atoms with Gasteiger partial charge in [-0.15, -0.1) is 0 Å². The van der Waals surface area contributed by atoms with Crippen LogP contribution >= 0.6 is 11.6 Å². The van der Waals surface area contributed by atoms with Crippen molar-refractivity contribution in [3.05, 3.63) is 34.9 Å². The van der Waals surface area contributed by atoms with E-state index in [1.54, 1.807) is 24.3 Å². The third-order valence-corrected chi connectivity index (χ3v) is 2.92. The largest absolute Gasteiger partial charge is 0.367 e. The van der Waals surface area contributed by atoms with Crippen LogP contribution in [0.25, 0.3) is 0 Å². The summed E-state index contributed by atoms with van der Waals surface area (Å²) in [5.41, 5.74) is 10.00. The Morgan fingerprint density at radius 3 is 2.50 bits per heavy atom. The molecular formula is C12H16ClN3O2. The van der Waals surface area contributed by atoms with Gasteiger partial charge in [-0.05, 0) is 31.5 Å². The van der Waals surface area contributed by atoms with Gasteiger partial charge in [0.15, 0.2) is 0 Å². The molecule has 98 valence electrons. The number of hydrogen-bond acceptors (Lipinski definition) is 3. The molecule has 0 unspecified atom stereocenters. The van der Waals surface area contributed by atoms with Crippen molar-refractivity contribution in [2.75, 3.05) is 0 Å². The fraction of sp³-hybridized carbons (Fsp3) is 0.333. The lowest BCUT2D eigenvalue weighted by molar-refractivity contribution is -0.131. The number of nitrogens with one attached hydrogen (secondary N) is 1. The van der Waals surface area contributed by atoms with Crippen molar-refractivity contribution in [1.82, 2.24) is 5.32 Å². The predicted octanol–water partition coefficient (Wildman–Crippen LogP) is 0.504. The molecule has 0 bridgehead atoms. The van der Waals surface area contributed by atoms with Crippen LogP contribution in [-0.4, -0.2) is 17.9 Å². The van der Waals surface area contributed by atoms with E-state index in [1.807, 2.05) is 0 Å². The van der Waals surface area contributed by atoms with E-state index < -0.39 is 23.4 Å². The number of hydrogen-bond donors (Lipinski definition) is 3. The van der Waals surface area contributed by atoms with Crippen LogP contribution < -0.4 is 16.8 Å². The van der Waals surface area contributed by atoms with E-state index in [1.165, 1.54) is 13.8 Å². The molecule has 1 aromatic rings. The van der Waals surface area contributed by atoms with Gasteiger partial charge >= 0.3 is 0 Å². The van der Waals surface area contributed by atoms with Gasteiger partial charge in [-0.1, -0.05) is 23.7 Å². The summed E-state index contributed by atoms with van der Waals surface area (Å²) in [4.78, 5) is 23.3. The Hall–Kier alpha value is -1.59. The van der Waals surface area contributed by atoms with Crippen molar-refractivity contribution < 1.29 is 9.59 Å². The Balaban J connectivity index is 3.16. The summed E-state index contributed by atoms with van der Waals surface area (Å²) in [5.74, 6) is -1.14. The molecule has 0 aliphatic carbocycles. The number of carbonyl (C=O) groups excluding carboxylic acids is 2. The van der Waals surface area contributed by atoms with Gasteiger partial charge in [-0.3, -0.25) is 9.59 Å². The zero-order chi connectivity index (χ0) is 13.9. The Labute approximate surface area is 110 Å². The monoisotopic (exact) mass is 269 g/mol. The van der Waals surface area contributed by atoms with Gasteiger partial charge in [0.25, 0.3) is 0 Å². The third kappa shape index (κ3) is 3.00. The molecule has 5 N–H and O–H groups in total. The summed E-state index contributed by atoms with van der Waals surface area (Å²) in [6.45, 7) is 3.04. The van der Waals surface area contributed by atoms with E-state index >= 15 is 0 Å². The molecule has 0 aromatic heterocycles. The Bertz CT molecular complexity index is 476. The minimum absolute atomic E-state index is 0.454. The van der Waals surface area contributed by atoms with Crippen LogP contribution in [0.4, 0.5) is 0 Å². The van der Waals surface area contributed by atoms with Crippen LogP contribution in [0.3, 0.4) is 0 Å². The van der Waals surface area contributed by atoms with Gasteiger partial charge in [0.05, 0.1) is 6.04 Å². The average molecular weight is 270 g/mol. The topological polar surface area (TPSA) is 98.2 Å². The maximum Gasteiger partial charge on any atom is 0.247 e. The smallest absolute Gasteiger partial charge is 0.247 e. The summed E-state index contributed by atoms with van der Waals surface area (Å²) in [6.07, 6.45) is 0. The van der Waals surface area contributed by atoms with Crippen LogP contribution in [0.2, 0.25) is 5.02 Å². The number of carbonyl (C=O) groups is 2. The van der Waals surface area contributed by atoms with Crippen LogP contribution in [0.5, 0.6) is 0 Å². The molecule has 1 aromatic carbocycles. The zero-order valence-corrected chi connectivity index (χ0v) is 11.0. The second-order valence-corrected chi connectivity index (χ2v) is 4.71. The number of primary amides is 1. The molecule has 6 heteroatoms. The first-order chi connectivity index (χ1) is 8.27. The first-order valence-corrected chi connectivity index (χ1v) is 5.78. The van der Waals surface area contributed by atoms with Crippen molar-refractivity contribution >= 4 is 23.4 Å². The van der Waals surface area contributed by atoms with E-state index in [0.717, 1.165) is 0 Å². The minimum Gasteiger partial charge on any atom is -0.367 e. The molecule has 0 fully saturated rings. The van der Waals surface area contributed by atoms with Gasteiger partial charge in [0, 0.05) is 5.02 Å². The average Bonchev–Trinajstić information content (AvgIpc) is 2.28. The zero-order valence-electron chi connectivity index (χ0n) is 10.2. The van der Waals surface area contributed by atoms with Gasteiger partial charge in [0.2, 0.25) is 11.8 Å². The normalized spacial score (nSPS) is 15.6. The molecule has 0 heterocycles. The Morgan fingerprint density at radius 2 is 2.06 bits per heavy atom. The molecule has 0 aliphatic rings. The molecule has 0 spiro atoms. The van der Waals surface area contributed by atoms with Crippen molar-refractivity contribution in [2.24, 2.45) is 11.5 Å². The molecule has 2 atom stereocenters. The highest BCUT2D eigenvalue weighted by molar-refractivity contribution is 6.30. The number of amides is 2. The second kappa shape index (κ2) is 5.37. The van der Waals surface area contributed by atoms with Crippen molar-refractivity contribution in [3.63, 3.8) is 0 Å². The standard InChI is InChI=1S/C12H16ClN3O2/c1-7(14)10(17)16-12(2,11(15)18)8-4-3-5-9(13)6-8/h3-7H,14H2,1-2H3,(H2,15,18)(H,16,17)/t7-,12+/m0/s1. The van der Waals surface area contributed by atoms with Crippen LogP contribution in [-0.2, 0) is 15.1 Å². The van der Waals surface area contributed by atoms with Crippen LogP contribution in [0, 0.1) is 0 Å². The van der Waals surface area contributed by atoms with Gasteiger partial charge in [-0.2, -0.15) is 0 Å². The van der Waals surface area contributed by atoms with E-state index in [4.69, 9.17) is 23.1 Å². The highest BCUT2D eigenvalue weighted by atomic mass is 35.5. The predicted molar refractivity (Wildman–Crippen MR) is 69.8 cm³/mol. The Kier molecular flexibility index (Phi) is 4.32. The van der Waals surface area contributed by atoms with Gasteiger partial charge in [-0.25, -0.2) is 0 Å². The van der Waals surface area contributed by atoms with Gasteiger partial charge in [0.1, 0.15) is 5.54 Å². The van der Waals surface area contributed by atoms with Crippen molar-refractivity contribution in [3.8, 4) is 0 Å². The summed E-state index contributed by atoms with van der Waals surface area (Å²) < 4.78 is 0. The molecule has 5 nitrogen and oxygen atoms in total. The van der Waals surface area contributed by atoms with Crippen molar-refractivity contribution in [1.29, 1.82) is 0 Å². The fourth-order valence-corrected chi connectivity index (χ4v) is 1.63. The SMILES string of the molecule is C[C@H](N)C(=O)N[C@@](C)(C(N)=O)c1cccc(Cl)c1. The first kappa shape index (κ1) is 14.5. The van der Waals surface area contributed by atoms with Crippen LogP contribution in [0.15, 0.2) is 24.3 Å². The summed E-state index contributed by atoms with van der Waals surface area (Å²) in [6, 6.07) is 5.85. The van der Waals surface area contributed by atoms with Gasteiger partial charge < -0.3 is 16.8 Å². The minimum atomic E-state index is -1.34. The fourth-order valence-electron chi connectivity index (χ4n) is 1.44. The number of nitrogens with two attached hydrogens (primary N) is 2. The highest BCUT2D eigenvalue weighted by Crippen LogP contribution is 2.23. The van der Waals surface area contributed by atoms with Crippen molar-refractivity contribution in [2.45, 2.75) is 25.4 Å². The lowest BCUT2D eigenvalue weighted by Gasteiger charge is -2.29. The molecule has 1 rings (SSSR count). The lowest BCUT2D eigenvalue weighted by atomic mass is 9.91. The Morgan fingerprint density at radius 1 is 1.44 bits per heavy atom. The molecule has 0 radical (unpaired) electrons. The lowest BCUT2D eigenvalue weighted by Crippen LogP contribution is -2.56. The number of rotatable bonds is 4. The van der Waals surface area contributed by atoms with E-state index in [9.17, 15) is 9.59 Å². The van der Waals surface area contributed by atoms with Crippen LogP contribution in [0.1, 0.15) is 19.4 Å². The summed E-state index contributed by atoms with van der Waals surface area (Å²) in [5, 5.41) is 2.99. The maximum absolute atomic E-state index is 11.6. The van der Waals surface area contributed by atoms with E-state index in [0.29, 0.717) is 10.6 Å². The van der Waals surface area contributed by atoms with E-state index in [-0.39, 0.29) is 0 Å². The molecule has 2 amide bonds. The maximum atomic E-state index is 11.6. The second-order valence-electron chi connectivity index (χ2n) is 4.28. The summed E-state index contributed by atoms with van der Waals surface area (Å²) >= 11 is 5.87. The number of benzene rings is 1. The number of halogens is 1. The third-order valence-electron chi connectivity index (χ3n) is 2.68. The molecule has 0 saturated heterocycles. The quantitative estimate of drug-likeness (QED) is 0.742.